The average Bonchev–Trinajstić information content (AvgIpc) is 2.60. The maximum absolute atomic E-state index is 12.0. The molecule has 4 nitrogen and oxygen atoms in total. The number of urea groups is 1. The number of amides is 2. The van der Waals surface area contributed by atoms with E-state index < -0.39 is 0 Å². The molecule has 0 aliphatic carbocycles. The van der Waals surface area contributed by atoms with Crippen LogP contribution in [0.4, 0.5) is 10.5 Å². The van der Waals surface area contributed by atoms with Gasteiger partial charge in [0.15, 0.2) is 0 Å². The summed E-state index contributed by atoms with van der Waals surface area (Å²) in [4.78, 5) is 13.2. The Bertz CT molecular complexity index is 602. The fourth-order valence-electron chi connectivity index (χ4n) is 2.33. The molecule has 1 unspecified atom stereocenters. The van der Waals surface area contributed by atoms with Gasteiger partial charge in [-0.15, -0.1) is 11.8 Å². The van der Waals surface area contributed by atoms with Crippen molar-refractivity contribution >= 4 is 23.5 Å². The van der Waals surface area contributed by atoms with Crippen LogP contribution < -0.4 is 10.6 Å². The van der Waals surface area contributed by atoms with Gasteiger partial charge in [-0.05, 0) is 42.5 Å². The lowest BCUT2D eigenvalue weighted by atomic mass is 9.96. The highest BCUT2D eigenvalue weighted by Gasteiger charge is 2.12. The molecule has 2 aromatic carbocycles. The molecule has 0 aliphatic heterocycles. The first-order valence-electron chi connectivity index (χ1n) is 7.57. The highest BCUT2D eigenvalue weighted by atomic mass is 32.2. The summed E-state index contributed by atoms with van der Waals surface area (Å²) < 4.78 is 0. The predicted molar refractivity (Wildman–Crippen MR) is 96.1 cm³/mol. The third-order valence-corrected chi connectivity index (χ3v) is 4.35. The van der Waals surface area contributed by atoms with E-state index in [1.54, 1.807) is 11.8 Å². The number of carbonyl (C=O) groups is 1. The van der Waals surface area contributed by atoms with Crippen molar-refractivity contribution in [3.05, 3.63) is 60.2 Å². The second kappa shape index (κ2) is 9.22. The maximum Gasteiger partial charge on any atom is 0.319 e. The molecule has 122 valence electrons. The summed E-state index contributed by atoms with van der Waals surface area (Å²) in [7, 11) is 0. The number of aliphatic hydroxyl groups is 1. The Balaban J connectivity index is 1.88. The molecule has 0 spiro atoms. The van der Waals surface area contributed by atoms with Crippen LogP contribution in [-0.4, -0.2) is 30.5 Å². The maximum atomic E-state index is 12.0. The third kappa shape index (κ3) is 5.62. The lowest BCUT2D eigenvalue weighted by molar-refractivity contribution is 0.248. The Morgan fingerprint density at radius 2 is 1.83 bits per heavy atom. The number of carbonyl (C=O) groups excluding carboxylic acids is 1. The molecule has 0 aromatic heterocycles. The first kappa shape index (κ1) is 17.4. The van der Waals surface area contributed by atoms with Gasteiger partial charge in [-0.25, -0.2) is 4.79 Å². The lowest BCUT2D eigenvalue weighted by Crippen LogP contribution is -2.32. The van der Waals surface area contributed by atoms with Gasteiger partial charge in [0.05, 0.1) is 0 Å². The molecule has 0 aliphatic rings. The summed E-state index contributed by atoms with van der Waals surface area (Å²) in [6.07, 6.45) is 2.63. The minimum atomic E-state index is -0.235. The van der Waals surface area contributed by atoms with Gasteiger partial charge in [-0.3, -0.25) is 0 Å². The molecule has 0 fully saturated rings. The molecular formula is C18H22N2O2S. The summed E-state index contributed by atoms with van der Waals surface area (Å²) in [6, 6.07) is 17.4. The van der Waals surface area contributed by atoms with E-state index in [1.165, 1.54) is 0 Å². The number of anilines is 1. The second-order valence-corrected chi connectivity index (χ2v) is 6.06. The predicted octanol–water partition coefficient (Wildman–Crippen LogP) is 3.70. The van der Waals surface area contributed by atoms with Crippen LogP contribution in [0.5, 0.6) is 0 Å². The Morgan fingerprint density at radius 1 is 1.13 bits per heavy atom. The number of thioether (sulfide) groups is 1. The number of benzene rings is 2. The van der Waals surface area contributed by atoms with Gasteiger partial charge in [0.1, 0.15) is 0 Å². The topological polar surface area (TPSA) is 61.4 Å². The van der Waals surface area contributed by atoms with Crippen LogP contribution in [0, 0.1) is 0 Å². The van der Waals surface area contributed by atoms with Crippen molar-refractivity contribution in [3.63, 3.8) is 0 Å². The summed E-state index contributed by atoms with van der Waals surface area (Å²) in [6.45, 7) is 0.582. The molecule has 0 saturated heterocycles. The molecule has 3 N–H and O–H groups in total. The minimum Gasteiger partial charge on any atom is -0.396 e. The van der Waals surface area contributed by atoms with E-state index in [-0.39, 0.29) is 18.6 Å². The zero-order valence-corrected chi connectivity index (χ0v) is 14.0. The molecule has 0 heterocycles. The second-order valence-electron chi connectivity index (χ2n) is 5.18. The van der Waals surface area contributed by atoms with Gasteiger partial charge < -0.3 is 15.7 Å². The molecule has 2 aromatic rings. The Hall–Kier alpha value is -1.98. The molecule has 2 rings (SSSR count). The highest BCUT2D eigenvalue weighted by molar-refractivity contribution is 7.98. The van der Waals surface area contributed by atoms with Gasteiger partial charge >= 0.3 is 6.03 Å². The number of hydrogen-bond acceptors (Lipinski definition) is 3. The van der Waals surface area contributed by atoms with Crippen LogP contribution in [0.15, 0.2) is 59.5 Å². The summed E-state index contributed by atoms with van der Waals surface area (Å²) in [5.41, 5.74) is 1.88. The van der Waals surface area contributed by atoms with E-state index >= 15 is 0 Å². The van der Waals surface area contributed by atoms with E-state index in [0.717, 1.165) is 16.1 Å². The Morgan fingerprint density at radius 3 is 2.43 bits per heavy atom. The standard InChI is InChI=1S/C18H22N2O2S/c1-23-17-9-7-16(8-10-17)20-18(22)19-13-15(11-12-21)14-5-3-2-4-6-14/h2-10,15,21H,11-13H2,1H3,(H2,19,20,22). The zero-order valence-electron chi connectivity index (χ0n) is 13.2. The monoisotopic (exact) mass is 330 g/mol. The summed E-state index contributed by atoms with van der Waals surface area (Å²) in [5.74, 6) is 0.103. The van der Waals surface area contributed by atoms with Crippen molar-refractivity contribution in [1.29, 1.82) is 0 Å². The first-order valence-corrected chi connectivity index (χ1v) is 8.80. The molecule has 23 heavy (non-hydrogen) atoms. The molecule has 0 radical (unpaired) electrons. The molecule has 1 atom stereocenters. The average molecular weight is 330 g/mol. The fraction of sp³-hybridized carbons (Fsp3) is 0.278. The van der Waals surface area contributed by atoms with Gasteiger partial charge in [0.25, 0.3) is 0 Å². The van der Waals surface area contributed by atoms with Gasteiger partial charge in [0.2, 0.25) is 0 Å². The van der Waals surface area contributed by atoms with Crippen LogP contribution >= 0.6 is 11.8 Å². The number of aliphatic hydroxyl groups excluding tert-OH is 1. The van der Waals surface area contributed by atoms with Gasteiger partial charge in [0, 0.05) is 29.7 Å². The lowest BCUT2D eigenvalue weighted by Gasteiger charge is -2.17. The van der Waals surface area contributed by atoms with E-state index in [9.17, 15) is 9.90 Å². The quantitative estimate of drug-likeness (QED) is 0.679. The van der Waals surface area contributed by atoms with Crippen molar-refractivity contribution in [2.24, 2.45) is 0 Å². The van der Waals surface area contributed by atoms with Crippen LogP contribution in [0.25, 0.3) is 0 Å². The van der Waals surface area contributed by atoms with Crippen molar-refractivity contribution in [3.8, 4) is 0 Å². The molecule has 0 bridgehead atoms. The molecule has 2 amide bonds. The van der Waals surface area contributed by atoms with Crippen molar-refractivity contribution < 1.29 is 9.90 Å². The SMILES string of the molecule is CSc1ccc(NC(=O)NCC(CCO)c2ccccc2)cc1. The highest BCUT2D eigenvalue weighted by Crippen LogP contribution is 2.19. The Labute approximate surface area is 141 Å². The zero-order chi connectivity index (χ0) is 16.5. The van der Waals surface area contributed by atoms with Crippen molar-refractivity contribution in [2.75, 3.05) is 24.7 Å². The fourth-order valence-corrected chi connectivity index (χ4v) is 2.74. The molecule has 5 heteroatoms. The Kier molecular flexibility index (Phi) is 6.97. The van der Waals surface area contributed by atoms with Crippen molar-refractivity contribution in [2.45, 2.75) is 17.2 Å². The van der Waals surface area contributed by atoms with Crippen molar-refractivity contribution in [1.82, 2.24) is 5.32 Å². The van der Waals surface area contributed by atoms with Crippen LogP contribution in [0.3, 0.4) is 0 Å². The van der Waals surface area contributed by atoms with Gasteiger partial charge in [-0.1, -0.05) is 30.3 Å². The normalized spacial score (nSPS) is 11.7. The van der Waals surface area contributed by atoms with Crippen LogP contribution in [0.1, 0.15) is 17.9 Å². The minimum absolute atomic E-state index is 0.0962. The van der Waals surface area contributed by atoms with E-state index in [0.29, 0.717) is 13.0 Å². The first-order chi connectivity index (χ1) is 11.2. The molecular weight excluding hydrogens is 308 g/mol. The smallest absolute Gasteiger partial charge is 0.319 e. The molecule has 0 saturated carbocycles. The van der Waals surface area contributed by atoms with Gasteiger partial charge in [-0.2, -0.15) is 0 Å². The number of rotatable bonds is 7. The van der Waals surface area contributed by atoms with E-state index in [4.69, 9.17) is 0 Å². The largest absolute Gasteiger partial charge is 0.396 e. The third-order valence-electron chi connectivity index (χ3n) is 3.61. The number of hydrogen-bond donors (Lipinski definition) is 3. The van der Waals surface area contributed by atoms with Crippen LogP contribution in [-0.2, 0) is 0 Å². The summed E-state index contributed by atoms with van der Waals surface area (Å²) in [5, 5.41) is 14.9. The van der Waals surface area contributed by atoms with Crippen LogP contribution in [0.2, 0.25) is 0 Å². The number of nitrogens with one attached hydrogen (secondary N) is 2. The summed E-state index contributed by atoms with van der Waals surface area (Å²) >= 11 is 1.66. The van der Waals surface area contributed by atoms with E-state index in [2.05, 4.69) is 10.6 Å². The van der Waals surface area contributed by atoms with E-state index in [1.807, 2.05) is 60.9 Å².